The SMILES string of the molecule is Cc1nc(Cl)c(C#N)nc1-c1ccccc1. The Bertz CT molecular complexity index is 558. The zero-order chi connectivity index (χ0) is 11.5. The third-order valence-electron chi connectivity index (χ3n) is 2.18. The van der Waals surface area contributed by atoms with Gasteiger partial charge in [-0.2, -0.15) is 5.26 Å². The summed E-state index contributed by atoms with van der Waals surface area (Å²) in [5.41, 5.74) is 2.50. The summed E-state index contributed by atoms with van der Waals surface area (Å²) in [5, 5.41) is 9.00. The van der Waals surface area contributed by atoms with Crippen LogP contribution < -0.4 is 0 Å². The Morgan fingerprint density at radius 1 is 1.19 bits per heavy atom. The molecule has 3 nitrogen and oxygen atoms in total. The van der Waals surface area contributed by atoms with Gasteiger partial charge in [-0.3, -0.25) is 0 Å². The summed E-state index contributed by atoms with van der Waals surface area (Å²) in [6.07, 6.45) is 0. The van der Waals surface area contributed by atoms with E-state index in [4.69, 9.17) is 16.9 Å². The standard InChI is InChI=1S/C12H8ClN3/c1-8-11(9-5-3-2-4-6-9)16-10(7-14)12(13)15-8/h2-6H,1H3. The molecule has 16 heavy (non-hydrogen) atoms. The number of aryl methyl sites for hydroxylation is 1. The Morgan fingerprint density at radius 3 is 2.50 bits per heavy atom. The van der Waals surface area contributed by atoms with Gasteiger partial charge in [0.1, 0.15) is 6.07 Å². The number of benzene rings is 1. The van der Waals surface area contributed by atoms with E-state index in [1.807, 2.05) is 43.3 Å². The number of hydrogen-bond donors (Lipinski definition) is 0. The molecule has 0 amide bonds. The molecule has 0 saturated carbocycles. The van der Waals surface area contributed by atoms with Crippen LogP contribution >= 0.6 is 11.6 Å². The minimum Gasteiger partial charge on any atom is -0.236 e. The van der Waals surface area contributed by atoms with Crippen molar-refractivity contribution >= 4 is 11.6 Å². The lowest BCUT2D eigenvalue weighted by Crippen LogP contribution is -1.97. The van der Waals surface area contributed by atoms with Crippen LogP contribution in [-0.4, -0.2) is 9.97 Å². The maximum atomic E-state index is 8.84. The molecule has 0 atom stereocenters. The number of halogens is 1. The summed E-state index contributed by atoms with van der Waals surface area (Å²) in [4.78, 5) is 8.31. The first-order chi connectivity index (χ1) is 7.72. The molecule has 1 heterocycles. The molecule has 2 aromatic rings. The number of nitrogens with zero attached hydrogens (tertiary/aromatic N) is 3. The summed E-state index contributed by atoms with van der Waals surface area (Å²) in [7, 11) is 0. The predicted molar refractivity (Wildman–Crippen MR) is 61.9 cm³/mol. The molecule has 2 rings (SSSR count). The second kappa shape index (κ2) is 4.30. The first-order valence-corrected chi connectivity index (χ1v) is 5.10. The Balaban J connectivity index is 2.63. The smallest absolute Gasteiger partial charge is 0.178 e. The third-order valence-corrected chi connectivity index (χ3v) is 2.44. The lowest BCUT2D eigenvalue weighted by Gasteiger charge is -2.05. The molecule has 1 aromatic heterocycles. The Morgan fingerprint density at radius 2 is 1.88 bits per heavy atom. The number of nitriles is 1. The largest absolute Gasteiger partial charge is 0.236 e. The van der Waals surface area contributed by atoms with Crippen LogP contribution in [0.25, 0.3) is 11.3 Å². The van der Waals surface area contributed by atoms with Crippen molar-refractivity contribution in [3.8, 4) is 17.3 Å². The highest BCUT2D eigenvalue weighted by Gasteiger charge is 2.10. The molecule has 0 aliphatic heterocycles. The molecule has 0 bridgehead atoms. The topological polar surface area (TPSA) is 49.6 Å². The van der Waals surface area contributed by atoms with E-state index in [-0.39, 0.29) is 10.8 Å². The van der Waals surface area contributed by atoms with Crippen molar-refractivity contribution in [1.29, 1.82) is 5.26 Å². The molecule has 0 aliphatic carbocycles. The van der Waals surface area contributed by atoms with Gasteiger partial charge in [-0.1, -0.05) is 41.9 Å². The van der Waals surface area contributed by atoms with Gasteiger partial charge in [0.25, 0.3) is 0 Å². The highest BCUT2D eigenvalue weighted by Crippen LogP contribution is 2.22. The third kappa shape index (κ3) is 1.88. The van der Waals surface area contributed by atoms with Gasteiger partial charge in [0.05, 0.1) is 11.4 Å². The van der Waals surface area contributed by atoms with Crippen LogP contribution in [0.1, 0.15) is 11.4 Å². The van der Waals surface area contributed by atoms with E-state index in [0.717, 1.165) is 11.3 Å². The molecule has 0 N–H and O–H groups in total. The van der Waals surface area contributed by atoms with Gasteiger partial charge in [0.15, 0.2) is 10.8 Å². The fraction of sp³-hybridized carbons (Fsp3) is 0.0833. The van der Waals surface area contributed by atoms with E-state index in [1.54, 1.807) is 0 Å². The lowest BCUT2D eigenvalue weighted by molar-refractivity contribution is 1.10. The Hall–Kier alpha value is -1.92. The van der Waals surface area contributed by atoms with E-state index < -0.39 is 0 Å². The van der Waals surface area contributed by atoms with Crippen LogP contribution in [-0.2, 0) is 0 Å². The Labute approximate surface area is 98.4 Å². The van der Waals surface area contributed by atoms with Crippen molar-refractivity contribution in [3.05, 3.63) is 46.9 Å². The minimum absolute atomic E-state index is 0.152. The minimum atomic E-state index is 0.152. The summed E-state index contributed by atoms with van der Waals surface area (Å²) in [6.45, 7) is 1.82. The van der Waals surface area contributed by atoms with Gasteiger partial charge in [0.2, 0.25) is 0 Å². The monoisotopic (exact) mass is 229 g/mol. The fourth-order valence-corrected chi connectivity index (χ4v) is 1.64. The normalized spacial score (nSPS) is 9.81. The van der Waals surface area contributed by atoms with Crippen LogP contribution in [0.2, 0.25) is 5.15 Å². The highest BCUT2D eigenvalue weighted by molar-refractivity contribution is 6.30. The van der Waals surface area contributed by atoms with E-state index in [0.29, 0.717) is 5.69 Å². The van der Waals surface area contributed by atoms with E-state index >= 15 is 0 Å². The van der Waals surface area contributed by atoms with Crippen molar-refractivity contribution in [2.75, 3.05) is 0 Å². The molecule has 0 spiro atoms. The average molecular weight is 230 g/mol. The van der Waals surface area contributed by atoms with Crippen LogP contribution in [0.5, 0.6) is 0 Å². The molecule has 0 fully saturated rings. The molecule has 1 aromatic carbocycles. The highest BCUT2D eigenvalue weighted by atomic mass is 35.5. The van der Waals surface area contributed by atoms with E-state index in [9.17, 15) is 0 Å². The van der Waals surface area contributed by atoms with Gasteiger partial charge >= 0.3 is 0 Å². The number of aromatic nitrogens is 2. The maximum absolute atomic E-state index is 8.84. The molecule has 78 valence electrons. The molecule has 0 unspecified atom stereocenters. The van der Waals surface area contributed by atoms with Gasteiger partial charge in [0, 0.05) is 5.56 Å². The van der Waals surface area contributed by atoms with Gasteiger partial charge in [-0.15, -0.1) is 0 Å². The first-order valence-electron chi connectivity index (χ1n) is 4.72. The van der Waals surface area contributed by atoms with Crippen molar-refractivity contribution in [3.63, 3.8) is 0 Å². The predicted octanol–water partition coefficient (Wildman–Crippen LogP) is 2.98. The van der Waals surface area contributed by atoms with Gasteiger partial charge in [-0.05, 0) is 6.92 Å². The molecule has 0 saturated heterocycles. The van der Waals surface area contributed by atoms with Crippen LogP contribution in [0, 0.1) is 18.3 Å². The average Bonchev–Trinajstić information content (AvgIpc) is 2.30. The summed E-state index contributed by atoms with van der Waals surface area (Å²) >= 11 is 5.79. The lowest BCUT2D eigenvalue weighted by atomic mass is 10.1. The quantitative estimate of drug-likeness (QED) is 0.755. The van der Waals surface area contributed by atoms with Crippen molar-refractivity contribution < 1.29 is 0 Å². The molecule has 0 radical (unpaired) electrons. The second-order valence-electron chi connectivity index (χ2n) is 3.27. The molecular weight excluding hydrogens is 222 g/mol. The summed E-state index contributed by atoms with van der Waals surface area (Å²) in [5.74, 6) is 0. The van der Waals surface area contributed by atoms with Gasteiger partial charge in [-0.25, -0.2) is 9.97 Å². The summed E-state index contributed by atoms with van der Waals surface area (Å²) in [6, 6.07) is 11.5. The fourth-order valence-electron chi connectivity index (χ4n) is 1.43. The zero-order valence-electron chi connectivity index (χ0n) is 8.61. The van der Waals surface area contributed by atoms with Crippen LogP contribution in [0.3, 0.4) is 0 Å². The maximum Gasteiger partial charge on any atom is 0.178 e. The Kier molecular flexibility index (Phi) is 2.84. The van der Waals surface area contributed by atoms with Crippen LogP contribution in [0.15, 0.2) is 30.3 Å². The second-order valence-corrected chi connectivity index (χ2v) is 3.63. The first kappa shape index (κ1) is 10.6. The molecule has 4 heteroatoms. The van der Waals surface area contributed by atoms with Crippen molar-refractivity contribution in [2.45, 2.75) is 6.92 Å². The summed E-state index contributed by atoms with van der Waals surface area (Å²) < 4.78 is 0. The molecular formula is C12H8ClN3. The molecule has 0 aliphatic rings. The van der Waals surface area contributed by atoms with E-state index in [1.165, 1.54) is 0 Å². The van der Waals surface area contributed by atoms with E-state index in [2.05, 4.69) is 9.97 Å². The van der Waals surface area contributed by atoms with Crippen molar-refractivity contribution in [1.82, 2.24) is 9.97 Å². The van der Waals surface area contributed by atoms with Crippen molar-refractivity contribution in [2.24, 2.45) is 0 Å². The van der Waals surface area contributed by atoms with Crippen LogP contribution in [0.4, 0.5) is 0 Å². The van der Waals surface area contributed by atoms with Gasteiger partial charge < -0.3 is 0 Å². The zero-order valence-corrected chi connectivity index (χ0v) is 9.36. The number of hydrogen-bond acceptors (Lipinski definition) is 3. The number of rotatable bonds is 1.